The maximum absolute atomic E-state index is 11.1. The van der Waals surface area contributed by atoms with Gasteiger partial charge < -0.3 is 0 Å². The van der Waals surface area contributed by atoms with Crippen LogP contribution in [0.25, 0.3) is 5.57 Å². The van der Waals surface area contributed by atoms with E-state index in [1.54, 1.807) is 6.92 Å². The Labute approximate surface area is 105 Å². The lowest BCUT2D eigenvalue weighted by Crippen LogP contribution is -1.91. The van der Waals surface area contributed by atoms with Crippen molar-refractivity contribution in [3.8, 4) is 0 Å². The third-order valence-electron chi connectivity index (χ3n) is 2.28. The number of allylic oxidation sites excluding steroid dienone is 4. The second kappa shape index (κ2) is 8.51. The maximum Gasteiger partial charge on any atom is 0.159 e. The summed E-state index contributed by atoms with van der Waals surface area (Å²) in [6, 6.07) is 7.69. The van der Waals surface area contributed by atoms with Gasteiger partial charge in [-0.3, -0.25) is 4.79 Å². The van der Waals surface area contributed by atoms with E-state index < -0.39 is 0 Å². The van der Waals surface area contributed by atoms with Crippen LogP contribution >= 0.6 is 0 Å². The Kier molecular flexibility index (Phi) is 7.70. The van der Waals surface area contributed by atoms with Crippen LogP contribution in [-0.2, 0) is 0 Å². The molecule has 17 heavy (non-hydrogen) atoms. The van der Waals surface area contributed by atoms with Crippen LogP contribution in [0.15, 0.2) is 42.5 Å². The Morgan fingerprint density at radius 2 is 1.47 bits per heavy atom. The van der Waals surface area contributed by atoms with Crippen LogP contribution in [0.1, 0.15) is 50.5 Å². The Hall–Kier alpha value is -1.63. The highest BCUT2D eigenvalue weighted by Gasteiger charge is 2.00. The Bertz CT molecular complexity index is 394. The zero-order chi connectivity index (χ0) is 13.3. The minimum Gasteiger partial charge on any atom is -0.295 e. The summed E-state index contributed by atoms with van der Waals surface area (Å²) in [4.78, 5) is 11.1. The molecule has 0 amide bonds. The monoisotopic (exact) mass is 230 g/mol. The van der Waals surface area contributed by atoms with Crippen molar-refractivity contribution in [1.29, 1.82) is 0 Å². The highest BCUT2D eigenvalue weighted by atomic mass is 16.1. The fourth-order valence-electron chi connectivity index (χ4n) is 1.44. The molecule has 0 spiro atoms. The standard InChI is InChI=1S/C14H16O.C2H6/c1-4-6-12(5-2)14-9-7-13(8-10-14)11(3)15;1-2/h4-10H,1-3H3;1-2H3/b6-4-,12-5+;. The van der Waals surface area contributed by atoms with E-state index in [4.69, 9.17) is 0 Å². The number of carbonyl (C=O) groups excluding carboxylic acids is 1. The van der Waals surface area contributed by atoms with Crippen molar-refractivity contribution in [3.63, 3.8) is 0 Å². The maximum atomic E-state index is 11.1. The average molecular weight is 230 g/mol. The van der Waals surface area contributed by atoms with Gasteiger partial charge in [0.1, 0.15) is 0 Å². The predicted molar refractivity (Wildman–Crippen MR) is 76.3 cm³/mol. The molecule has 0 atom stereocenters. The Morgan fingerprint density at radius 3 is 1.82 bits per heavy atom. The van der Waals surface area contributed by atoms with Gasteiger partial charge in [-0.15, -0.1) is 0 Å². The Balaban J connectivity index is 0.00000121. The molecule has 1 aromatic rings. The lowest BCUT2D eigenvalue weighted by Gasteiger charge is -2.02. The van der Waals surface area contributed by atoms with E-state index in [2.05, 4.69) is 12.2 Å². The summed E-state index contributed by atoms with van der Waals surface area (Å²) in [5.41, 5.74) is 3.07. The van der Waals surface area contributed by atoms with Gasteiger partial charge in [0.05, 0.1) is 0 Å². The van der Waals surface area contributed by atoms with Crippen LogP contribution in [0.3, 0.4) is 0 Å². The molecule has 0 N–H and O–H groups in total. The van der Waals surface area contributed by atoms with E-state index >= 15 is 0 Å². The lowest BCUT2D eigenvalue weighted by atomic mass is 10.0. The van der Waals surface area contributed by atoms with Crippen LogP contribution in [-0.4, -0.2) is 5.78 Å². The number of hydrogen-bond acceptors (Lipinski definition) is 1. The molecule has 0 aliphatic rings. The minimum absolute atomic E-state index is 0.106. The first-order chi connectivity index (χ1) is 8.19. The molecule has 1 rings (SSSR count). The zero-order valence-corrected chi connectivity index (χ0v) is 11.4. The van der Waals surface area contributed by atoms with Gasteiger partial charge in [-0.2, -0.15) is 0 Å². The average Bonchev–Trinajstić information content (AvgIpc) is 2.38. The van der Waals surface area contributed by atoms with Crippen molar-refractivity contribution in [2.45, 2.75) is 34.6 Å². The number of benzene rings is 1. The van der Waals surface area contributed by atoms with E-state index in [1.165, 1.54) is 5.57 Å². The molecule has 0 aliphatic heterocycles. The van der Waals surface area contributed by atoms with E-state index in [0.717, 1.165) is 11.1 Å². The van der Waals surface area contributed by atoms with Crippen LogP contribution < -0.4 is 0 Å². The molecule has 0 fully saturated rings. The normalized spacial score (nSPS) is 11.0. The molecule has 92 valence electrons. The molecule has 0 saturated carbocycles. The third kappa shape index (κ3) is 4.81. The number of Topliss-reactive ketones (excluding diaryl/α,β-unsaturated/α-hetero) is 1. The topological polar surface area (TPSA) is 17.1 Å². The molecule has 0 aliphatic carbocycles. The summed E-state index contributed by atoms with van der Waals surface area (Å²) in [5, 5.41) is 0. The van der Waals surface area contributed by atoms with Gasteiger partial charge in [0.25, 0.3) is 0 Å². The fraction of sp³-hybridized carbons (Fsp3) is 0.312. The van der Waals surface area contributed by atoms with Gasteiger partial charge in [-0.25, -0.2) is 0 Å². The number of ketones is 1. The van der Waals surface area contributed by atoms with Crippen molar-refractivity contribution in [2.24, 2.45) is 0 Å². The molecular formula is C16H22O. The van der Waals surface area contributed by atoms with E-state index in [1.807, 2.05) is 58.0 Å². The van der Waals surface area contributed by atoms with Gasteiger partial charge in [-0.1, -0.05) is 56.3 Å². The van der Waals surface area contributed by atoms with Crippen molar-refractivity contribution in [2.75, 3.05) is 0 Å². The molecule has 0 aromatic heterocycles. The smallest absolute Gasteiger partial charge is 0.159 e. The first kappa shape index (κ1) is 15.4. The van der Waals surface area contributed by atoms with Gasteiger partial charge in [-0.05, 0) is 31.9 Å². The van der Waals surface area contributed by atoms with Gasteiger partial charge in [0.2, 0.25) is 0 Å². The van der Waals surface area contributed by atoms with Crippen LogP contribution in [0, 0.1) is 0 Å². The number of carbonyl (C=O) groups is 1. The fourth-order valence-corrected chi connectivity index (χ4v) is 1.44. The second-order valence-corrected chi connectivity index (χ2v) is 3.38. The van der Waals surface area contributed by atoms with Crippen LogP contribution in [0.4, 0.5) is 0 Å². The number of hydrogen-bond donors (Lipinski definition) is 0. The van der Waals surface area contributed by atoms with E-state index in [9.17, 15) is 4.79 Å². The molecule has 1 nitrogen and oxygen atoms in total. The van der Waals surface area contributed by atoms with Crippen LogP contribution in [0.2, 0.25) is 0 Å². The Morgan fingerprint density at radius 1 is 1.00 bits per heavy atom. The molecule has 0 bridgehead atoms. The second-order valence-electron chi connectivity index (χ2n) is 3.38. The van der Waals surface area contributed by atoms with Crippen molar-refractivity contribution >= 4 is 11.4 Å². The molecule has 0 heterocycles. The molecule has 0 radical (unpaired) electrons. The summed E-state index contributed by atoms with van der Waals surface area (Å²) in [6.45, 7) is 9.58. The summed E-state index contributed by atoms with van der Waals surface area (Å²) >= 11 is 0. The highest BCUT2D eigenvalue weighted by Crippen LogP contribution is 2.16. The zero-order valence-electron chi connectivity index (χ0n) is 11.4. The van der Waals surface area contributed by atoms with Crippen molar-refractivity contribution in [1.82, 2.24) is 0 Å². The predicted octanol–water partition coefficient (Wildman–Crippen LogP) is 4.89. The minimum atomic E-state index is 0.106. The highest BCUT2D eigenvalue weighted by molar-refractivity contribution is 5.94. The van der Waals surface area contributed by atoms with E-state index in [0.29, 0.717) is 0 Å². The summed E-state index contributed by atoms with van der Waals surface area (Å²) in [7, 11) is 0. The molecule has 1 heteroatoms. The lowest BCUT2D eigenvalue weighted by molar-refractivity contribution is 0.101. The molecule has 1 aromatic carbocycles. The first-order valence-electron chi connectivity index (χ1n) is 6.09. The molecule has 0 unspecified atom stereocenters. The SMILES string of the molecule is C/C=C\C(=C/C)c1ccc(C(C)=O)cc1.CC. The largest absolute Gasteiger partial charge is 0.295 e. The quantitative estimate of drug-likeness (QED) is 0.533. The third-order valence-corrected chi connectivity index (χ3v) is 2.28. The molecule has 0 saturated heterocycles. The summed E-state index contributed by atoms with van der Waals surface area (Å²) in [5.74, 6) is 0.106. The van der Waals surface area contributed by atoms with Gasteiger partial charge >= 0.3 is 0 Å². The summed E-state index contributed by atoms with van der Waals surface area (Å²) in [6.07, 6.45) is 6.12. The van der Waals surface area contributed by atoms with Gasteiger partial charge in [0, 0.05) is 5.56 Å². The molecular weight excluding hydrogens is 208 g/mol. The van der Waals surface area contributed by atoms with Crippen LogP contribution in [0.5, 0.6) is 0 Å². The van der Waals surface area contributed by atoms with E-state index in [-0.39, 0.29) is 5.78 Å². The first-order valence-corrected chi connectivity index (χ1v) is 6.09. The van der Waals surface area contributed by atoms with Crippen molar-refractivity contribution < 1.29 is 4.79 Å². The van der Waals surface area contributed by atoms with Crippen molar-refractivity contribution in [3.05, 3.63) is 53.6 Å². The summed E-state index contributed by atoms with van der Waals surface area (Å²) < 4.78 is 0. The number of rotatable bonds is 3. The van der Waals surface area contributed by atoms with Gasteiger partial charge in [0.15, 0.2) is 5.78 Å².